The van der Waals surface area contributed by atoms with Gasteiger partial charge in [-0.1, -0.05) is 13.8 Å². The molecule has 0 saturated carbocycles. The maximum Gasteiger partial charge on any atom is 0.264 e. The highest BCUT2D eigenvalue weighted by Gasteiger charge is 2.34. The lowest BCUT2D eigenvalue weighted by Crippen LogP contribution is -2.54. The number of ether oxygens (including phenoxy) is 2. The molecule has 0 aliphatic rings. The van der Waals surface area contributed by atoms with Gasteiger partial charge in [0.15, 0.2) is 6.10 Å². The van der Waals surface area contributed by atoms with Gasteiger partial charge in [0.25, 0.3) is 5.91 Å². The molecule has 0 spiro atoms. The second-order valence-electron chi connectivity index (χ2n) is 10.3. The van der Waals surface area contributed by atoms with Gasteiger partial charge in [0, 0.05) is 37.7 Å². The van der Waals surface area contributed by atoms with Crippen LogP contribution in [0.5, 0.6) is 11.5 Å². The fourth-order valence-electron chi connectivity index (χ4n) is 4.30. The number of hydrogen-bond donors (Lipinski definition) is 0. The van der Waals surface area contributed by atoms with Crippen LogP contribution in [0, 0.1) is 0 Å². The Kier molecular flexibility index (Phi) is 8.93. The number of nitrogens with zero attached hydrogens (tertiary/aromatic N) is 3. The fraction of sp³-hybridized carbons (Fsp3) is 0.367. The van der Waals surface area contributed by atoms with Gasteiger partial charge in [-0.3, -0.25) is 14.8 Å². The third-order valence-corrected chi connectivity index (χ3v) is 7.25. The first-order valence-electron chi connectivity index (χ1n) is 12.8. The molecule has 2 heterocycles. The predicted molar refractivity (Wildman–Crippen MR) is 160 cm³/mol. The van der Waals surface area contributed by atoms with Crippen molar-refractivity contribution in [2.75, 3.05) is 6.54 Å². The highest BCUT2D eigenvalue weighted by atomic mass is 79.9. The Morgan fingerprint density at radius 2 is 1.37 bits per heavy atom. The van der Waals surface area contributed by atoms with Crippen molar-refractivity contribution in [3.05, 3.63) is 69.9 Å². The highest BCUT2D eigenvalue weighted by molar-refractivity contribution is 9.10. The second kappa shape index (κ2) is 12.0. The summed E-state index contributed by atoms with van der Waals surface area (Å²) < 4.78 is 14.5. The van der Waals surface area contributed by atoms with Crippen LogP contribution in [-0.4, -0.2) is 45.1 Å². The Morgan fingerprint density at radius 1 is 0.842 bits per heavy atom. The van der Waals surface area contributed by atoms with Crippen molar-refractivity contribution in [2.45, 2.75) is 65.2 Å². The largest absolute Gasteiger partial charge is 0.489 e. The van der Waals surface area contributed by atoms with Gasteiger partial charge in [0.2, 0.25) is 0 Å². The standard InChI is InChI=1S/C30H33Br2N3O3/c1-6-23(37-24-8-10-26-19(14-24)12-21(31)16-33-26)18-35(30(3,4)5)29(36)28(7-2)38-25-9-11-27-20(15-25)13-22(32)17-34-27/h8-17,23,28H,6-7,18H2,1-5H3. The summed E-state index contributed by atoms with van der Waals surface area (Å²) in [5.74, 6) is 1.34. The van der Waals surface area contributed by atoms with Crippen LogP contribution in [0.25, 0.3) is 21.8 Å². The summed E-state index contributed by atoms with van der Waals surface area (Å²) in [5.41, 5.74) is 1.36. The number of amides is 1. The monoisotopic (exact) mass is 641 g/mol. The van der Waals surface area contributed by atoms with E-state index in [0.29, 0.717) is 18.7 Å². The summed E-state index contributed by atoms with van der Waals surface area (Å²) >= 11 is 6.96. The number of carbonyl (C=O) groups is 1. The van der Waals surface area contributed by atoms with Crippen LogP contribution in [0.2, 0.25) is 0 Å². The number of rotatable bonds is 9. The Hall–Kier alpha value is -2.71. The summed E-state index contributed by atoms with van der Waals surface area (Å²) in [7, 11) is 0. The van der Waals surface area contributed by atoms with Crippen LogP contribution in [-0.2, 0) is 4.79 Å². The van der Waals surface area contributed by atoms with E-state index < -0.39 is 11.6 Å². The molecule has 0 radical (unpaired) electrons. The molecule has 8 heteroatoms. The van der Waals surface area contributed by atoms with Crippen LogP contribution in [0.3, 0.4) is 0 Å². The molecule has 6 nitrogen and oxygen atoms in total. The zero-order valence-electron chi connectivity index (χ0n) is 22.4. The average Bonchev–Trinajstić information content (AvgIpc) is 2.88. The molecule has 0 bridgehead atoms. The molecule has 0 N–H and O–H groups in total. The SMILES string of the molecule is CCC(CN(C(=O)C(CC)Oc1ccc2ncc(Br)cc2c1)C(C)(C)C)Oc1ccc2ncc(Br)cc2c1. The van der Waals surface area contributed by atoms with Crippen molar-refractivity contribution in [1.82, 2.24) is 14.9 Å². The van der Waals surface area contributed by atoms with E-state index in [2.05, 4.69) is 48.8 Å². The molecule has 38 heavy (non-hydrogen) atoms. The third-order valence-electron chi connectivity index (χ3n) is 6.38. The van der Waals surface area contributed by atoms with Crippen molar-refractivity contribution >= 4 is 59.6 Å². The minimum absolute atomic E-state index is 0.0545. The molecule has 2 unspecified atom stereocenters. The highest BCUT2D eigenvalue weighted by Crippen LogP contribution is 2.27. The summed E-state index contributed by atoms with van der Waals surface area (Å²) in [6, 6.07) is 15.6. The van der Waals surface area contributed by atoms with E-state index in [1.807, 2.05) is 81.1 Å². The summed E-state index contributed by atoms with van der Waals surface area (Å²) in [4.78, 5) is 24.6. The van der Waals surface area contributed by atoms with E-state index in [1.54, 1.807) is 12.4 Å². The molecule has 200 valence electrons. The van der Waals surface area contributed by atoms with Crippen molar-refractivity contribution in [3.63, 3.8) is 0 Å². The van der Waals surface area contributed by atoms with Crippen LogP contribution < -0.4 is 9.47 Å². The molecule has 0 saturated heterocycles. The van der Waals surface area contributed by atoms with Crippen LogP contribution >= 0.6 is 31.9 Å². The lowest BCUT2D eigenvalue weighted by Gasteiger charge is -2.39. The molecule has 0 aliphatic heterocycles. The second-order valence-corrected chi connectivity index (χ2v) is 12.1. The number of benzene rings is 2. The van der Waals surface area contributed by atoms with Gasteiger partial charge in [-0.15, -0.1) is 0 Å². The third kappa shape index (κ3) is 6.83. The van der Waals surface area contributed by atoms with Crippen LogP contribution in [0.15, 0.2) is 69.9 Å². The Bertz CT molecular complexity index is 1440. The number of hydrogen-bond acceptors (Lipinski definition) is 5. The number of aromatic nitrogens is 2. The maximum atomic E-state index is 13.9. The van der Waals surface area contributed by atoms with E-state index >= 15 is 0 Å². The number of halogens is 2. The minimum Gasteiger partial charge on any atom is -0.489 e. The number of pyridine rings is 2. The van der Waals surface area contributed by atoms with Crippen LogP contribution in [0.4, 0.5) is 0 Å². The molecular weight excluding hydrogens is 610 g/mol. The first kappa shape index (κ1) is 28.3. The Labute approximate surface area is 241 Å². The Balaban J connectivity index is 1.53. The van der Waals surface area contributed by atoms with Gasteiger partial charge in [-0.25, -0.2) is 0 Å². The van der Waals surface area contributed by atoms with E-state index in [0.717, 1.165) is 42.9 Å². The number of carbonyl (C=O) groups excluding carboxylic acids is 1. The zero-order valence-corrected chi connectivity index (χ0v) is 25.5. The van der Waals surface area contributed by atoms with Gasteiger partial charge < -0.3 is 14.4 Å². The van der Waals surface area contributed by atoms with Crippen molar-refractivity contribution < 1.29 is 14.3 Å². The normalized spacial score (nSPS) is 13.3. The van der Waals surface area contributed by atoms with Gasteiger partial charge >= 0.3 is 0 Å². The molecular formula is C30H33Br2N3O3. The van der Waals surface area contributed by atoms with Crippen molar-refractivity contribution in [1.29, 1.82) is 0 Å². The average molecular weight is 643 g/mol. The van der Waals surface area contributed by atoms with Crippen LogP contribution in [0.1, 0.15) is 47.5 Å². The molecule has 2 aromatic heterocycles. The minimum atomic E-state index is -0.617. The summed E-state index contributed by atoms with van der Waals surface area (Å²) in [6.45, 7) is 10.6. The lowest BCUT2D eigenvalue weighted by molar-refractivity contribution is -0.145. The summed E-state index contributed by atoms with van der Waals surface area (Å²) in [5, 5.41) is 1.94. The van der Waals surface area contributed by atoms with E-state index in [-0.39, 0.29) is 12.0 Å². The van der Waals surface area contributed by atoms with E-state index in [9.17, 15) is 4.79 Å². The van der Waals surface area contributed by atoms with Gasteiger partial charge in [0.1, 0.15) is 17.6 Å². The molecule has 0 fully saturated rings. The fourth-order valence-corrected chi connectivity index (χ4v) is 5.00. The maximum absolute atomic E-state index is 13.9. The smallest absolute Gasteiger partial charge is 0.264 e. The molecule has 1 amide bonds. The van der Waals surface area contributed by atoms with E-state index in [4.69, 9.17) is 9.47 Å². The topological polar surface area (TPSA) is 64.6 Å². The zero-order chi connectivity index (χ0) is 27.4. The van der Waals surface area contributed by atoms with Crippen molar-refractivity contribution in [2.24, 2.45) is 0 Å². The first-order valence-corrected chi connectivity index (χ1v) is 14.4. The molecule has 2 aromatic carbocycles. The van der Waals surface area contributed by atoms with Gasteiger partial charge in [0.05, 0.1) is 17.6 Å². The molecule has 0 aliphatic carbocycles. The van der Waals surface area contributed by atoms with Crippen molar-refractivity contribution in [3.8, 4) is 11.5 Å². The summed E-state index contributed by atoms with van der Waals surface area (Å²) in [6.07, 6.45) is 4.04. The molecule has 2 atom stereocenters. The lowest BCUT2D eigenvalue weighted by atomic mass is 10.0. The Morgan fingerprint density at radius 3 is 1.84 bits per heavy atom. The quantitative estimate of drug-likeness (QED) is 0.185. The predicted octanol–water partition coefficient (Wildman–Crippen LogP) is 7.95. The number of fused-ring (bicyclic) bond motifs is 2. The molecule has 4 aromatic rings. The van der Waals surface area contributed by atoms with E-state index in [1.165, 1.54) is 0 Å². The molecule has 4 rings (SSSR count). The van der Waals surface area contributed by atoms with Gasteiger partial charge in [-0.05, 0) is 114 Å². The first-order chi connectivity index (χ1) is 18.1. The van der Waals surface area contributed by atoms with Gasteiger partial charge in [-0.2, -0.15) is 0 Å².